The van der Waals surface area contributed by atoms with Gasteiger partial charge in [0.25, 0.3) is 0 Å². The lowest BCUT2D eigenvalue weighted by Gasteiger charge is -2.65. The Labute approximate surface area is 300 Å². The van der Waals surface area contributed by atoms with Crippen LogP contribution in [0.5, 0.6) is 5.75 Å². The zero-order chi connectivity index (χ0) is 36.6. The average molecular weight is 696 g/mol. The molecule has 3 fully saturated rings. The monoisotopic (exact) mass is 695 g/mol. The zero-order valence-corrected chi connectivity index (χ0v) is 31.6. The fourth-order valence-corrected chi connectivity index (χ4v) is 13.3. The van der Waals surface area contributed by atoms with Crippen LogP contribution in [0, 0.1) is 28.6 Å². The standard InChI is InChI=1S/C43H53NO7/c1-21(2)33-36(47)31-30-24(27-20-38(3,4)51-39(5,6)32(27)35(30)46)18-25-26-17-22-11-13-28-40(7,42(22,9)37(26)44(33)34(25)31)15-16-43(48)41(28,8)19-23(50-43)12-14-29(45)49-10/h12,14,18,20,22-23,28,32,35,46-48H,1,11,13,15-17,19H2,2-10H3/t22?,23-,28?,32?,35?,40+,41+,42-,43?/m1/s1. The van der Waals surface area contributed by atoms with Crippen LogP contribution in [-0.4, -0.2) is 55.9 Å². The quantitative estimate of drug-likeness (QED) is 0.190. The normalized spacial score (nSPS) is 40.1. The van der Waals surface area contributed by atoms with Gasteiger partial charge in [0.15, 0.2) is 5.79 Å². The van der Waals surface area contributed by atoms with Gasteiger partial charge in [0, 0.05) is 51.3 Å². The number of aliphatic hydroxyl groups excluding tert-OH is 1. The van der Waals surface area contributed by atoms with E-state index >= 15 is 0 Å². The Morgan fingerprint density at radius 3 is 2.51 bits per heavy atom. The molecule has 2 saturated carbocycles. The highest BCUT2D eigenvalue weighted by Crippen LogP contribution is 2.74. The van der Waals surface area contributed by atoms with Gasteiger partial charge in [-0.15, -0.1) is 0 Å². The Morgan fingerprint density at radius 2 is 1.82 bits per heavy atom. The molecule has 6 aliphatic rings. The van der Waals surface area contributed by atoms with Crippen molar-refractivity contribution in [3.8, 4) is 5.75 Å². The number of benzene rings is 1. The number of esters is 1. The summed E-state index contributed by atoms with van der Waals surface area (Å²) in [5.74, 6) is -1.26. The molecule has 51 heavy (non-hydrogen) atoms. The van der Waals surface area contributed by atoms with E-state index in [1.165, 1.54) is 24.4 Å². The smallest absolute Gasteiger partial charge is 0.330 e. The van der Waals surface area contributed by atoms with Gasteiger partial charge in [-0.3, -0.25) is 0 Å². The lowest BCUT2D eigenvalue weighted by molar-refractivity contribution is -0.294. The number of methoxy groups -OCH3 is 1. The molecule has 9 atom stereocenters. The van der Waals surface area contributed by atoms with Crippen LogP contribution in [0.1, 0.15) is 122 Å². The molecular formula is C43H53NO7. The second-order valence-electron chi connectivity index (χ2n) is 18.7. The molecule has 5 unspecified atom stereocenters. The van der Waals surface area contributed by atoms with Gasteiger partial charge >= 0.3 is 5.97 Å². The molecule has 8 nitrogen and oxygen atoms in total. The van der Waals surface area contributed by atoms with Crippen LogP contribution in [0.3, 0.4) is 0 Å². The molecule has 0 amide bonds. The summed E-state index contributed by atoms with van der Waals surface area (Å²) in [6.45, 7) is 21.7. The van der Waals surface area contributed by atoms with E-state index in [4.69, 9.17) is 14.2 Å². The zero-order valence-electron chi connectivity index (χ0n) is 31.6. The van der Waals surface area contributed by atoms with E-state index in [0.717, 1.165) is 69.9 Å². The lowest BCUT2D eigenvalue weighted by Crippen LogP contribution is -2.65. The lowest BCUT2D eigenvalue weighted by atomic mass is 9.40. The highest BCUT2D eigenvalue weighted by molar-refractivity contribution is 6.11. The summed E-state index contributed by atoms with van der Waals surface area (Å²) in [5, 5.41) is 38.6. The third-order valence-electron chi connectivity index (χ3n) is 15.3. The van der Waals surface area contributed by atoms with Crippen LogP contribution in [0.4, 0.5) is 0 Å². The topological polar surface area (TPSA) is 110 Å². The number of aromatic nitrogens is 1. The minimum atomic E-state index is -1.30. The Hall–Kier alpha value is -3.17. The third-order valence-corrected chi connectivity index (χ3v) is 15.3. The van der Waals surface area contributed by atoms with Crippen LogP contribution < -0.4 is 0 Å². The van der Waals surface area contributed by atoms with Crippen molar-refractivity contribution in [2.24, 2.45) is 28.6 Å². The molecule has 2 aromatic heterocycles. The summed E-state index contributed by atoms with van der Waals surface area (Å²) in [7, 11) is 1.36. The van der Waals surface area contributed by atoms with Gasteiger partial charge in [-0.2, -0.15) is 0 Å². The summed E-state index contributed by atoms with van der Waals surface area (Å²) < 4.78 is 20.1. The number of ether oxygens (including phenoxy) is 3. The molecule has 0 spiro atoms. The van der Waals surface area contributed by atoms with Crippen LogP contribution >= 0.6 is 0 Å². The van der Waals surface area contributed by atoms with Gasteiger partial charge in [-0.1, -0.05) is 27.4 Å². The van der Waals surface area contributed by atoms with Gasteiger partial charge < -0.3 is 33.9 Å². The number of hydrogen-bond donors (Lipinski definition) is 3. The van der Waals surface area contributed by atoms with Gasteiger partial charge in [0.2, 0.25) is 0 Å². The van der Waals surface area contributed by atoms with E-state index in [0.29, 0.717) is 18.8 Å². The van der Waals surface area contributed by atoms with Gasteiger partial charge in [-0.05, 0) is 124 Å². The second kappa shape index (κ2) is 9.87. The predicted octanol–water partition coefficient (Wildman–Crippen LogP) is 7.76. The van der Waals surface area contributed by atoms with Crippen LogP contribution in [0.2, 0.25) is 0 Å². The van der Waals surface area contributed by atoms with E-state index in [1.807, 2.05) is 6.92 Å². The van der Waals surface area contributed by atoms with Gasteiger partial charge in [-0.25, -0.2) is 4.79 Å². The number of hydrogen-bond acceptors (Lipinski definition) is 7. The largest absolute Gasteiger partial charge is 0.505 e. The molecule has 2 aliphatic heterocycles. The van der Waals surface area contributed by atoms with E-state index in [2.05, 4.69) is 71.6 Å². The van der Waals surface area contributed by atoms with Crippen molar-refractivity contribution in [2.45, 2.75) is 129 Å². The average Bonchev–Trinajstić information content (AvgIpc) is 3.76. The number of aliphatic hydroxyl groups is 2. The number of nitrogens with zero attached hydrogens (tertiary/aromatic N) is 1. The van der Waals surface area contributed by atoms with Crippen molar-refractivity contribution in [1.29, 1.82) is 0 Å². The van der Waals surface area contributed by atoms with Crippen molar-refractivity contribution < 1.29 is 34.3 Å². The Balaban J connectivity index is 1.26. The molecule has 3 aromatic rings. The Morgan fingerprint density at radius 1 is 1.10 bits per heavy atom. The Kier molecular flexibility index (Phi) is 6.51. The molecule has 272 valence electrons. The maximum atomic E-state index is 12.3. The first-order valence-electron chi connectivity index (χ1n) is 18.9. The number of fused-ring (bicyclic) bond motifs is 13. The van der Waals surface area contributed by atoms with Gasteiger partial charge in [0.05, 0.1) is 41.7 Å². The van der Waals surface area contributed by atoms with Gasteiger partial charge in [0.1, 0.15) is 5.75 Å². The third kappa shape index (κ3) is 3.83. The van der Waals surface area contributed by atoms with E-state index in [1.54, 1.807) is 6.08 Å². The summed E-state index contributed by atoms with van der Waals surface area (Å²) in [6.07, 6.45) is 8.95. The molecule has 0 radical (unpaired) electrons. The fraction of sp³-hybridized carbons (Fsp3) is 0.605. The molecule has 0 bridgehead atoms. The molecule has 4 aliphatic carbocycles. The van der Waals surface area contributed by atoms with Crippen molar-refractivity contribution in [3.63, 3.8) is 0 Å². The summed E-state index contributed by atoms with van der Waals surface area (Å²) in [5.41, 5.74) is 5.83. The minimum Gasteiger partial charge on any atom is -0.505 e. The predicted molar refractivity (Wildman–Crippen MR) is 196 cm³/mol. The number of rotatable bonds is 3. The van der Waals surface area contributed by atoms with E-state index in [9.17, 15) is 20.1 Å². The first-order valence-corrected chi connectivity index (χ1v) is 18.9. The Bertz CT molecular complexity index is 2140. The second-order valence-corrected chi connectivity index (χ2v) is 18.7. The molecule has 1 saturated heterocycles. The molecule has 1 aromatic carbocycles. The molecule has 8 heteroatoms. The molecule has 4 heterocycles. The fourth-order valence-electron chi connectivity index (χ4n) is 13.3. The van der Waals surface area contributed by atoms with E-state index in [-0.39, 0.29) is 34.5 Å². The highest BCUT2D eigenvalue weighted by Gasteiger charge is 2.73. The van der Waals surface area contributed by atoms with Crippen LogP contribution in [0.15, 0.2) is 30.9 Å². The summed E-state index contributed by atoms with van der Waals surface area (Å²) in [4.78, 5) is 12.0. The minimum absolute atomic E-state index is 0.148. The van der Waals surface area contributed by atoms with Crippen LogP contribution in [0.25, 0.3) is 27.4 Å². The summed E-state index contributed by atoms with van der Waals surface area (Å²) in [6, 6.07) is 2.31. The molecule has 3 N–H and O–H groups in total. The first-order chi connectivity index (χ1) is 23.7. The van der Waals surface area contributed by atoms with Crippen molar-refractivity contribution in [1.82, 2.24) is 4.40 Å². The highest BCUT2D eigenvalue weighted by atomic mass is 16.6. The number of allylic oxidation sites excluding steroid dienone is 1. The number of carbonyl (C=O) groups is 1. The molecular weight excluding hydrogens is 642 g/mol. The van der Waals surface area contributed by atoms with Crippen molar-refractivity contribution in [3.05, 3.63) is 59.0 Å². The summed E-state index contributed by atoms with van der Waals surface area (Å²) >= 11 is 0. The molecule has 9 rings (SSSR count). The first kappa shape index (κ1) is 33.7. The van der Waals surface area contributed by atoms with Crippen molar-refractivity contribution >= 4 is 33.4 Å². The maximum absolute atomic E-state index is 12.3. The van der Waals surface area contributed by atoms with Crippen LogP contribution in [-0.2, 0) is 30.8 Å². The number of carbonyl (C=O) groups excluding carboxylic acids is 1. The SMILES string of the molecule is C=C(C)c1c(O)c2c3c(cc4c5c(n1c42)[C@@]1(C)C(CCC2[C@]4(C)C[C@@H](C=CC(=O)OC)OC4(O)CC[C@@]21C)C5)C1=CC(C)(C)OC(C)(C)C1C3O. The number of aromatic hydroxyl groups is 1. The maximum Gasteiger partial charge on any atom is 0.330 e. The van der Waals surface area contributed by atoms with E-state index < -0.39 is 34.5 Å². The van der Waals surface area contributed by atoms with Crippen molar-refractivity contribution in [2.75, 3.05) is 7.11 Å².